The van der Waals surface area contributed by atoms with Crippen LogP contribution >= 0.6 is 12.4 Å². The summed E-state index contributed by atoms with van der Waals surface area (Å²) in [4.78, 5) is 13.1. The van der Waals surface area contributed by atoms with Crippen LogP contribution in [0.3, 0.4) is 0 Å². The van der Waals surface area contributed by atoms with Crippen LogP contribution < -0.4 is 10.1 Å². The maximum atomic E-state index is 11.9. The first-order valence-corrected chi connectivity index (χ1v) is 5.45. The molecular formula is C12H17ClF2N2O2. The molecule has 1 rings (SSSR count). The van der Waals surface area contributed by atoms with Crippen LogP contribution in [0.4, 0.5) is 8.78 Å². The van der Waals surface area contributed by atoms with Gasteiger partial charge >= 0.3 is 6.61 Å². The van der Waals surface area contributed by atoms with E-state index in [9.17, 15) is 13.6 Å². The second-order valence-corrected chi connectivity index (χ2v) is 3.80. The number of rotatable bonds is 6. The highest BCUT2D eigenvalue weighted by Gasteiger charge is 2.08. The Balaban J connectivity index is 0.00000324. The minimum absolute atomic E-state index is 0. The molecule has 0 heterocycles. The minimum atomic E-state index is -2.82. The van der Waals surface area contributed by atoms with Gasteiger partial charge < -0.3 is 15.0 Å². The monoisotopic (exact) mass is 294 g/mol. The van der Waals surface area contributed by atoms with Crippen molar-refractivity contribution in [2.75, 3.05) is 20.6 Å². The Morgan fingerprint density at radius 2 is 1.95 bits per heavy atom. The highest BCUT2D eigenvalue weighted by atomic mass is 35.5. The third kappa shape index (κ3) is 6.35. The molecule has 0 saturated heterocycles. The number of carbonyl (C=O) groups is 1. The number of halogens is 3. The lowest BCUT2D eigenvalue weighted by atomic mass is 10.2. The quantitative estimate of drug-likeness (QED) is 0.871. The molecule has 0 aromatic heterocycles. The number of nitrogens with one attached hydrogen (secondary N) is 1. The average molecular weight is 295 g/mol. The molecule has 0 atom stereocenters. The van der Waals surface area contributed by atoms with E-state index < -0.39 is 6.61 Å². The molecule has 0 fully saturated rings. The van der Waals surface area contributed by atoms with Gasteiger partial charge in [-0.15, -0.1) is 12.4 Å². The molecule has 4 nitrogen and oxygen atoms in total. The molecule has 0 spiro atoms. The van der Waals surface area contributed by atoms with Crippen molar-refractivity contribution in [3.05, 3.63) is 29.8 Å². The Morgan fingerprint density at radius 1 is 1.37 bits per heavy atom. The highest BCUT2D eigenvalue weighted by molar-refractivity contribution is 5.85. The Morgan fingerprint density at radius 3 is 2.42 bits per heavy atom. The van der Waals surface area contributed by atoms with Gasteiger partial charge in [0.2, 0.25) is 5.91 Å². The molecule has 1 aromatic carbocycles. The molecule has 0 aliphatic rings. The summed E-state index contributed by atoms with van der Waals surface area (Å²) < 4.78 is 28.1. The van der Waals surface area contributed by atoms with Gasteiger partial charge in [0.05, 0.1) is 6.54 Å². The van der Waals surface area contributed by atoms with Crippen LogP contribution in [0.2, 0.25) is 0 Å². The van der Waals surface area contributed by atoms with Crippen LogP contribution in [0.25, 0.3) is 0 Å². The van der Waals surface area contributed by atoms with Crippen LogP contribution in [0, 0.1) is 0 Å². The maximum Gasteiger partial charge on any atom is 0.387 e. The molecule has 0 radical (unpaired) electrons. The molecule has 0 aliphatic heterocycles. The van der Waals surface area contributed by atoms with E-state index in [0.717, 1.165) is 5.56 Å². The first-order valence-electron chi connectivity index (χ1n) is 5.45. The molecule has 7 heteroatoms. The number of nitrogens with zero attached hydrogens (tertiary/aromatic N) is 1. The zero-order valence-electron chi connectivity index (χ0n) is 10.7. The Labute approximate surface area is 117 Å². The van der Waals surface area contributed by atoms with Gasteiger partial charge in [-0.3, -0.25) is 4.79 Å². The van der Waals surface area contributed by atoms with Crippen LogP contribution in [0.5, 0.6) is 5.75 Å². The van der Waals surface area contributed by atoms with E-state index >= 15 is 0 Å². The summed E-state index contributed by atoms with van der Waals surface area (Å²) in [6.07, 6.45) is 0. The number of hydrogen-bond donors (Lipinski definition) is 1. The van der Waals surface area contributed by atoms with Crippen LogP contribution in [-0.4, -0.2) is 38.1 Å². The smallest absolute Gasteiger partial charge is 0.387 e. The first-order chi connectivity index (χ1) is 8.52. The van der Waals surface area contributed by atoms with E-state index in [1.54, 1.807) is 31.1 Å². The van der Waals surface area contributed by atoms with E-state index in [0.29, 0.717) is 6.54 Å². The van der Waals surface area contributed by atoms with Crippen molar-refractivity contribution >= 4 is 18.3 Å². The van der Waals surface area contributed by atoms with Gasteiger partial charge in [0.25, 0.3) is 0 Å². The standard InChI is InChI=1S/C12H16F2N2O2.ClH/c1-15-7-11(17)16(2)8-9-3-5-10(6-4-9)18-12(13)14;/h3-6,12,15H,7-8H2,1-2H3;1H. The summed E-state index contributed by atoms with van der Waals surface area (Å²) in [6, 6.07) is 6.22. The highest BCUT2D eigenvalue weighted by Crippen LogP contribution is 2.15. The van der Waals surface area contributed by atoms with E-state index in [4.69, 9.17) is 0 Å². The summed E-state index contributed by atoms with van der Waals surface area (Å²) in [7, 11) is 3.38. The SMILES string of the molecule is CNCC(=O)N(C)Cc1ccc(OC(F)F)cc1.Cl. The molecule has 19 heavy (non-hydrogen) atoms. The summed E-state index contributed by atoms with van der Waals surface area (Å²) in [5, 5.41) is 2.77. The Bertz CT molecular complexity index is 388. The fraction of sp³-hybridized carbons (Fsp3) is 0.417. The predicted octanol–water partition coefficient (Wildman–Crippen LogP) is 1.89. The van der Waals surface area contributed by atoms with Crippen molar-refractivity contribution in [1.82, 2.24) is 10.2 Å². The van der Waals surface area contributed by atoms with E-state index in [1.165, 1.54) is 12.1 Å². The molecule has 1 amide bonds. The number of amides is 1. The zero-order valence-corrected chi connectivity index (χ0v) is 11.5. The average Bonchev–Trinajstić information content (AvgIpc) is 2.31. The van der Waals surface area contributed by atoms with Crippen molar-refractivity contribution in [2.45, 2.75) is 13.2 Å². The van der Waals surface area contributed by atoms with Crippen LogP contribution in [-0.2, 0) is 11.3 Å². The molecule has 0 unspecified atom stereocenters. The second kappa shape index (κ2) is 8.66. The lowest BCUT2D eigenvalue weighted by Gasteiger charge is -2.17. The zero-order chi connectivity index (χ0) is 13.5. The summed E-state index contributed by atoms with van der Waals surface area (Å²) in [5.41, 5.74) is 0.851. The summed E-state index contributed by atoms with van der Waals surface area (Å²) in [6.45, 7) is -2.13. The topological polar surface area (TPSA) is 41.6 Å². The van der Waals surface area contributed by atoms with Crippen molar-refractivity contribution in [2.24, 2.45) is 0 Å². The van der Waals surface area contributed by atoms with Gasteiger partial charge in [-0.1, -0.05) is 12.1 Å². The molecule has 108 valence electrons. The predicted molar refractivity (Wildman–Crippen MR) is 70.7 cm³/mol. The van der Waals surface area contributed by atoms with Crippen LogP contribution in [0.1, 0.15) is 5.56 Å². The number of ether oxygens (including phenoxy) is 1. The summed E-state index contributed by atoms with van der Waals surface area (Å²) >= 11 is 0. The second-order valence-electron chi connectivity index (χ2n) is 3.80. The lowest BCUT2D eigenvalue weighted by molar-refractivity contribution is -0.129. The fourth-order valence-electron chi connectivity index (χ4n) is 1.42. The van der Waals surface area contributed by atoms with Gasteiger partial charge in [-0.2, -0.15) is 8.78 Å². The van der Waals surface area contributed by atoms with Gasteiger partial charge in [-0.05, 0) is 24.7 Å². The lowest BCUT2D eigenvalue weighted by Crippen LogP contribution is -2.33. The fourth-order valence-corrected chi connectivity index (χ4v) is 1.42. The first kappa shape index (κ1) is 17.6. The Hall–Kier alpha value is -1.40. The van der Waals surface area contributed by atoms with E-state index in [1.807, 2.05) is 0 Å². The molecule has 0 aliphatic carbocycles. The minimum Gasteiger partial charge on any atom is -0.435 e. The van der Waals surface area contributed by atoms with Gasteiger partial charge in [-0.25, -0.2) is 0 Å². The molecular weight excluding hydrogens is 278 g/mol. The number of benzene rings is 1. The van der Waals surface area contributed by atoms with Crippen LogP contribution in [0.15, 0.2) is 24.3 Å². The molecule has 1 aromatic rings. The Kier molecular flexibility index (Phi) is 8.02. The van der Waals surface area contributed by atoms with E-state index in [-0.39, 0.29) is 30.6 Å². The van der Waals surface area contributed by atoms with Gasteiger partial charge in [0, 0.05) is 13.6 Å². The van der Waals surface area contributed by atoms with Crippen molar-refractivity contribution < 1.29 is 18.3 Å². The van der Waals surface area contributed by atoms with Gasteiger partial charge in [0.15, 0.2) is 0 Å². The van der Waals surface area contributed by atoms with Crippen molar-refractivity contribution in [1.29, 1.82) is 0 Å². The number of carbonyl (C=O) groups excluding carboxylic acids is 1. The molecule has 1 N–H and O–H groups in total. The van der Waals surface area contributed by atoms with Crippen molar-refractivity contribution in [3.63, 3.8) is 0 Å². The number of hydrogen-bond acceptors (Lipinski definition) is 3. The van der Waals surface area contributed by atoms with E-state index in [2.05, 4.69) is 10.1 Å². The van der Waals surface area contributed by atoms with Crippen molar-refractivity contribution in [3.8, 4) is 5.75 Å². The molecule has 0 saturated carbocycles. The third-order valence-electron chi connectivity index (χ3n) is 2.32. The largest absolute Gasteiger partial charge is 0.435 e. The number of alkyl halides is 2. The number of likely N-dealkylation sites (N-methyl/N-ethyl adjacent to an activating group) is 2. The summed E-state index contributed by atoms with van der Waals surface area (Å²) in [5.74, 6) is 0.0726. The molecule has 0 bridgehead atoms. The van der Waals surface area contributed by atoms with Gasteiger partial charge in [0.1, 0.15) is 5.75 Å². The maximum absolute atomic E-state index is 11.9. The normalized spacial score (nSPS) is 9.95. The third-order valence-corrected chi connectivity index (χ3v) is 2.32.